The molecule has 1 aliphatic rings. The molecule has 1 aromatic carbocycles. The normalized spacial score (nSPS) is 17.5. The molecule has 1 heterocycles. The number of hydrogen-bond donors (Lipinski definition) is 2. The molecule has 0 spiro atoms. The zero-order valence-electron chi connectivity index (χ0n) is 11.6. The van der Waals surface area contributed by atoms with Gasteiger partial charge in [0.1, 0.15) is 5.82 Å². The van der Waals surface area contributed by atoms with Gasteiger partial charge in [0.25, 0.3) is 0 Å². The molecule has 1 saturated heterocycles. The maximum Gasteiger partial charge on any atom is 0.337 e. The van der Waals surface area contributed by atoms with Crippen LogP contribution in [0.3, 0.4) is 0 Å². The average Bonchev–Trinajstić information content (AvgIpc) is 2.49. The Morgan fingerprint density at radius 3 is 2.76 bits per heavy atom. The van der Waals surface area contributed by atoms with Crippen LogP contribution in [0.4, 0.5) is 10.1 Å². The summed E-state index contributed by atoms with van der Waals surface area (Å²) in [5, 5.41) is 5.60. The molecule has 21 heavy (non-hydrogen) atoms. The Kier molecular flexibility index (Phi) is 6.58. The Morgan fingerprint density at radius 1 is 1.38 bits per heavy atom. The molecule has 0 aromatic heterocycles. The van der Waals surface area contributed by atoms with E-state index in [1.165, 1.54) is 19.2 Å². The van der Waals surface area contributed by atoms with Crippen LogP contribution in [-0.4, -0.2) is 31.6 Å². The van der Waals surface area contributed by atoms with Crippen molar-refractivity contribution in [2.24, 2.45) is 0 Å². The Balaban J connectivity index is 0.00000220. The predicted octanol–water partition coefficient (Wildman–Crippen LogP) is 2.11. The number of ether oxygens (including phenoxy) is 1. The number of piperidine rings is 1. The van der Waals surface area contributed by atoms with Gasteiger partial charge >= 0.3 is 5.97 Å². The van der Waals surface area contributed by atoms with E-state index in [2.05, 4.69) is 15.4 Å². The lowest BCUT2D eigenvalue weighted by Gasteiger charge is -2.22. The first-order valence-corrected chi connectivity index (χ1v) is 6.54. The highest BCUT2D eigenvalue weighted by Gasteiger charge is 2.21. The summed E-state index contributed by atoms with van der Waals surface area (Å²) in [6, 6.07) is 3.42. The van der Waals surface area contributed by atoms with Crippen LogP contribution in [-0.2, 0) is 9.53 Å². The minimum absolute atomic E-state index is 0. The quantitative estimate of drug-likeness (QED) is 0.838. The van der Waals surface area contributed by atoms with Crippen molar-refractivity contribution in [3.05, 3.63) is 29.6 Å². The monoisotopic (exact) mass is 316 g/mol. The van der Waals surface area contributed by atoms with Crippen molar-refractivity contribution in [2.75, 3.05) is 19.0 Å². The maximum absolute atomic E-state index is 13.7. The van der Waals surface area contributed by atoms with Gasteiger partial charge in [0.2, 0.25) is 5.91 Å². The average molecular weight is 317 g/mol. The van der Waals surface area contributed by atoms with Gasteiger partial charge in [-0.1, -0.05) is 6.42 Å². The molecular formula is C14H18ClFN2O3. The second-order valence-electron chi connectivity index (χ2n) is 4.68. The first-order chi connectivity index (χ1) is 9.61. The summed E-state index contributed by atoms with van der Waals surface area (Å²) >= 11 is 0. The summed E-state index contributed by atoms with van der Waals surface area (Å²) in [7, 11) is 1.25. The summed E-state index contributed by atoms with van der Waals surface area (Å²) in [5.74, 6) is -1.44. The maximum atomic E-state index is 13.7. The second kappa shape index (κ2) is 7.95. The first-order valence-electron chi connectivity index (χ1n) is 6.54. The van der Waals surface area contributed by atoms with E-state index in [9.17, 15) is 14.0 Å². The van der Waals surface area contributed by atoms with E-state index < -0.39 is 11.8 Å². The van der Waals surface area contributed by atoms with Gasteiger partial charge in [0.05, 0.1) is 24.4 Å². The topological polar surface area (TPSA) is 67.4 Å². The zero-order chi connectivity index (χ0) is 14.5. The lowest BCUT2D eigenvalue weighted by Crippen LogP contribution is -2.43. The standard InChI is InChI=1S/C14H17FN2O3.ClH/c1-20-14(19)9-5-6-10(15)12(8-9)17-13(18)11-4-2-3-7-16-11;/h5-6,8,11,16H,2-4,7H2,1H3,(H,17,18);1H/t11-;/m0./s1. The number of carbonyl (C=O) groups excluding carboxylic acids is 2. The number of methoxy groups -OCH3 is 1. The Hall–Kier alpha value is -1.66. The molecule has 0 bridgehead atoms. The molecule has 2 N–H and O–H groups in total. The molecule has 1 aromatic rings. The summed E-state index contributed by atoms with van der Waals surface area (Å²) in [4.78, 5) is 23.4. The van der Waals surface area contributed by atoms with Crippen LogP contribution < -0.4 is 10.6 Å². The van der Waals surface area contributed by atoms with E-state index in [1.807, 2.05) is 0 Å². The number of esters is 1. The van der Waals surface area contributed by atoms with E-state index in [0.717, 1.165) is 31.9 Å². The number of carbonyl (C=O) groups is 2. The molecule has 1 fully saturated rings. The third-order valence-electron chi connectivity index (χ3n) is 3.27. The Labute approximate surface area is 128 Å². The molecule has 0 radical (unpaired) electrons. The smallest absolute Gasteiger partial charge is 0.337 e. The summed E-state index contributed by atoms with van der Waals surface area (Å²) in [5.41, 5.74) is 0.186. The molecule has 0 saturated carbocycles. The number of hydrogen-bond acceptors (Lipinski definition) is 4. The van der Waals surface area contributed by atoms with Gasteiger partial charge in [-0.15, -0.1) is 12.4 Å². The predicted molar refractivity (Wildman–Crippen MR) is 79.3 cm³/mol. The lowest BCUT2D eigenvalue weighted by molar-refractivity contribution is -0.118. The van der Waals surface area contributed by atoms with Crippen molar-refractivity contribution in [3.8, 4) is 0 Å². The number of halogens is 2. The molecule has 2 rings (SSSR count). The van der Waals surface area contributed by atoms with E-state index in [0.29, 0.717) is 0 Å². The fourth-order valence-electron chi connectivity index (χ4n) is 2.16. The largest absolute Gasteiger partial charge is 0.465 e. The van der Waals surface area contributed by atoms with Crippen molar-refractivity contribution in [1.29, 1.82) is 0 Å². The van der Waals surface area contributed by atoms with Crippen LogP contribution >= 0.6 is 12.4 Å². The first kappa shape index (κ1) is 17.4. The minimum Gasteiger partial charge on any atom is -0.465 e. The summed E-state index contributed by atoms with van der Waals surface area (Å²) in [6.45, 7) is 0.781. The van der Waals surface area contributed by atoms with Crippen LogP contribution in [0.2, 0.25) is 0 Å². The molecule has 5 nitrogen and oxygen atoms in total. The number of anilines is 1. The third-order valence-corrected chi connectivity index (χ3v) is 3.27. The molecule has 1 aliphatic heterocycles. The molecule has 7 heteroatoms. The van der Waals surface area contributed by atoms with Gasteiger partial charge in [-0.2, -0.15) is 0 Å². The van der Waals surface area contributed by atoms with Crippen LogP contribution in [0.1, 0.15) is 29.6 Å². The Bertz CT molecular complexity index is 519. The molecule has 0 unspecified atom stereocenters. The summed E-state index contributed by atoms with van der Waals surface area (Å²) < 4.78 is 18.2. The van der Waals surface area contributed by atoms with Gasteiger partial charge < -0.3 is 15.4 Å². The highest BCUT2D eigenvalue weighted by Crippen LogP contribution is 2.18. The highest BCUT2D eigenvalue weighted by atomic mass is 35.5. The van der Waals surface area contributed by atoms with Crippen LogP contribution in [0.25, 0.3) is 0 Å². The van der Waals surface area contributed by atoms with E-state index in [-0.39, 0.29) is 35.6 Å². The van der Waals surface area contributed by atoms with Crippen molar-refractivity contribution >= 4 is 30.0 Å². The number of benzene rings is 1. The number of rotatable bonds is 3. The zero-order valence-corrected chi connectivity index (χ0v) is 12.5. The van der Waals surface area contributed by atoms with E-state index in [1.54, 1.807) is 0 Å². The van der Waals surface area contributed by atoms with Crippen LogP contribution in [0, 0.1) is 5.82 Å². The second-order valence-corrected chi connectivity index (χ2v) is 4.68. The Morgan fingerprint density at radius 2 is 2.14 bits per heavy atom. The van der Waals surface area contributed by atoms with Crippen molar-refractivity contribution < 1.29 is 18.7 Å². The highest BCUT2D eigenvalue weighted by molar-refractivity contribution is 5.97. The van der Waals surface area contributed by atoms with Gasteiger partial charge in [-0.05, 0) is 37.6 Å². The van der Waals surface area contributed by atoms with Gasteiger partial charge in [-0.25, -0.2) is 9.18 Å². The van der Waals surface area contributed by atoms with Crippen molar-refractivity contribution in [3.63, 3.8) is 0 Å². The molecule has 116 valence electrons. The van der Waals surface area contributed by atoms with Crippen molar-refractivity contribution in [1.82, 2.24) is 5.32 Å². The minimum atomic E-state index is -0.582. The number of nitrogens with one attached hydrogen (secondary N) is 2. The summed E-state index contributed by atoms with van der Waals surface area (Å²) in [6.07, 6.45) is 2.73. The molecular weight excluding hydrogens is 299 g/mol. The van der Waals surface area contributed by atoms with Crippen molar-refractivity contribution in [2.45, 2.75) is 25.3 Å². The van der Waals surface area contributed by atoms with Gasteiger partial charge in [0, 0.05) is 0 Å². The number of amides is 1. The fourth-order valence-corrected chi connectivity index (χ4v) is 2.16. The van der Waals surface area contributed by atoms with E-state index in [4.69, 9.17) is 0 Å². The van der Waals surface area contributed by atoms with Crippen LogP contribution in [0.15, 0.2) is 18.2 Å². The SMILES string of the molecule is COC(=O)c1ccc(F)c(NC(=O)[C@@H]2CCCCN2)c1.Cl. The fraction of sp³-hybridized carbons (Fsp3) is 0.429. The lowest BCUT2D eigenvalue weighted by atomic mass is 10.0. The van der Waals surface area contributed by atoms with Crippen LogP contribution in [0.5, 0.6) is 0 Å². The van der Waals surface area contributed by atoms with Gasteiger partial charge in [0.15, 0.2) is 0 Å². The van der Waals surface area contributed by atoms with Gasteiger partial charge in [-0.3, -0.25) is 4.79 Å². The molecule has 1 atom stereocenters. The molecule has 0 aliphatic carbocycles. The molecule has 1 amide bonds. The third kappa shape index (κ3) is 4.41. The van der Waals surface area contributed by atoms with E-state index >= 15 is 0 Å².